The molecule has 0 aliphatic rings. The van der Waals surface area contributed by atoms with Crippen LogP contribution in [0.4, 0.5) is 11.6 Å². The number of aromatic nitrogens is 4. The summed E-state index contributed by atoms with van der Waals surface area (Å²) < 4.78 is 0. The van der Waals surface area contributed by atoms with Crippen molar-refractivity contribution in [2.24, 2.45) is 0 Å². The van der Waals surface area contributed by atoms with Crippen LogP contribution < -0.4 is 5.32 Å². The highest BCUT2D eigenvalue weighted by atomic mass is 16.4. The Balaban J connectivity index is 1.64. The lowest BCUT2D eigenvalue weighted by atomic mass is 10.2. The third kappa shape index (κ3) is 3.02. The summed E-state index contributed by atoms with van der Waals surface area (Å²) >= 11 is 0. The molecule has 0 spiro atoms. The van der Waals surface area contributed by atoms with E-state index in [1.54, 1.807) is 24.5 Å². The Hall–Kier alpha value is -3.74. The van der Waals surface area contributed by atoms with Crippen molar-refractivity contribution in [3.05, 3.63) is 66.6 Å². The van der Waals surface area contributed by atoms with Gasteiger partial charge in [0.05, 0.1) is 11.4 Å². The highest BCUT2D eigenvalue weighted by Gasteiger charge is 2.08. The normalized spacial score (nSPS) is 10.7. The van der Waals surface area contributed by atoms with Crippen LogP contribution >= 0.6 is 0 Å². The van der Waals surface area contributed by atoms with E-state index < -0.39 is 5.97 Å². The van der Waals surface area contributed by atoms with Crippen LogP contribution in [0.25, 0.3) is 22.3 Å². The van der Waals surface area contributed by atoms with Gasteiger partial charge in [0.2, 0.25) is 5.95 Å². The molecule has 7 heteroatoms. The Morgan fingerprint density at radius 2 is 1.92 bits per heavy atom. The first-order valence-electron chi connectivity index (χ1n) is 7.56. The summed E-state index contributed by atoms with van der Waals surface area (Å²) in [4.78, 5) is 26.9. The number of anilines is 2. The summed E-state index contributed by atoms with van der Waals surface area (Å²) in [6.07, 6.45) is 3.37. The van der Waals surface area contributed by atoms with E-state index in [-0.39, 0.29) is 5.69 Å². The number of pyridine rings is 1. The summed E-state index contributed by atoms with van der Waals surface area (Å²) in [6, 6.07) is 14.5. The molecule has 0 atom stereocenters. The summed E-state index contributed by atoms with van der Waals surface area (Å²) in [6.45, 7) is 0. The van der Waals surface area contributed by atoms with E-state index >= 15 is 0 Å². The third-order valence-corrected chi connectivity index (χ3v) is 3.69. The van der Waals surface area contributed by atoms with Crippen LogP contribution in [0.2, 0.25) is 0 Å². The zero-order chi connectivity index (χ0) is 17.2. The van der Waals surface area contributed by atoms with Gasteiger partial charge in [-0.2, -0.15) is 0 Å². The molecule has 7 nitrogen and oxygen atoms in total. The molecule has 25 heavy (non-hydrogen) atoms. The molecule has 0 aliphatic heterocycles. The lowest BCUT2D eigenvalue weighted by Gasteiger charge is -2.06. The number of benzene rings is 1. The van der Waals surface area contributed by atoms with Crippen molar-refractivity contribution in [3.8, 4) is 11.4 Å². The maximum atomic E-state index is 11.0. The maximum Gasteiger partial charge on any atom is 0.352 e. The van der Waals surface area contributed by atoms with Crippen molar-refractivity contribution in [2.75, 3.05) is 5.32 Å². The number of fused-ring (bicyclic) bond motifs is 1. The molecule has 0 unspecified atom stereocenters. The monoisotopic (exact) mass is 331 g/mol. The smallest absolute Gasteiger partial charge is 0.352 e. The molecular formula is C18H13N5O2. The molecule has 3 heterocycles. The molecule has 0 fully saturated rings. The quantitative estimate of drug-likeness (QED) is 0.529. The van der Waals surface area contributed by atoms with Crippen LogP contribution in [0.3, 0.4) is 0 Å². The first kappa shape index (κ1) is 14.8. The van der Waals surface area contributed by atoms with Gasteiger partial charge in [-0.05, 0) is 36.4 Å². The number of carboxylic acids is 1. The van der Waals surface area contributed by atoms with Crippen LogP contribution in [0.15, 0.2) is 60.9 Å². The van der Waals surface area contributed by atoms with Crippen LogP contribution in [-0.2, 0) is 0 Å². The Morgan fingerprint density at radius 1 is 1.00 bits per heavy atom. The highest BCUT2D eigenvalue weighted by molar-refractivity contribution is 5.94. The SMILES string of the molecule is O=C(O)c1cc2ccc(Nc3nccc(-c4ccccn4)n3)cc2[nH]1. The lowest BCUT2D eigenvalue weighted by molar-refractivity contribution is 0.0691. The molecule has 0 saturated carbocycles. The van der Waals surface area contributed by atoms with E-state index in [2.05, 4.69) is 25.3 Å². The molecule has 3 aromatic heterocycles. The summed E-state index contributed by atoms with van der Waals surface area (Å²) in [5.74, 6) is -0.551. The number of aromatic carboxylic acids is 1. The second kappa shape index (κ2) is 6.04. The fraction of sp³-hybridized carbons (Fsp3) is 0. The second-order valence-corrected chi connectivity index (χ2v) is 5.40. The van der Waals surface area contributed by atoms with E-state index in [4.69, 9.17) is 5.11 Å². The van der Waals surface area contributed by atoms with Crippen molar-refractivity contribution in [1.82, 2.24) is 19.9 Å². The molecule has 1 aromatic carbocycles. The summed E-state index contributed by atoms with van der Waals surface area (Å²) in [5, 5.41) is 13.0. The van der Waals surface area contributed by atoms with Gasteiger partial charge in [-0.3, -0.25) is 4.98 Å². The van der Waals surface area contributed by atoms with Crippen LogP contribution in [0.1, 0.15) is 10.5 Å². The number of aromatic amines is 1. The van der Waals surface area contributed by atoms with E-state index in [1.165, 1.54) is 0 Å². The van der Waals surface area contributed by atoms with Gasteiger partial charge in [-0.15, -0.1) is 0 Å². The predicted octanol–water partition coefficient (Wildman–Crippen LogP) is 3.46. The van der Waals surface area contributed by atoms with Gasteiger partial charge in [0, 0.05) is 29.0 Å². The van der Waals surface area contributed by atoms with E-state index in [0.717, 1.165) is 22.3 Å². The zero-order valence-electron chi connectivity index (χ0n) is 13.0. The third-order valence-electron chi connectivity index (χ3n) is 3.69. The average molecular weight is 331 g/mol. The van der Waals surface area contributed by atoms with Crippen molar-refractivity contribution >= 4 is 28.5 Å². The number of rotatable bonds is 4. The second-order valence-electron chi connectivity index (χ2n) is 5.40. The van der Waals surface area contributed by atoms with Gasteiger partial charge in [0.25, 0.3) is 0 Å². The average Bonchev–Trinajstić information content (AvgIpc) is 3.06. The number of hydrogen-bond acceptors (Lipinski definition) is 5. The molecular weight excluding hydrogens is 318 g/mol. The lowest BCUT2D eigenvalue weighted by Crippen LogP contribution is -1.98. The summed E-state index contributed by atoms with van der Waals surface area (Å²) in [7, 11) is 0. The number of H-pyrrole nitrogens is 1. The number of nitrogens with zero attached hydrogens (tertiary/aromatic N) is 3. The first-order valence-corrected chi connectivity index (χ1v) is 7.56. The van der Waals surface area contributed by atoms with Gasteiger partial charge >= 0.3 is 5.97 Å². The zero-order valence-corrected chi connectivity index (χ0v) is 13.0. The summed E-state index contributed by atoms with van der Waals surface area (Å²) in [5.41, 5.74) is 3.11. The minimum Gasteiger partial charge on any atom is -0.477 e. The Kier molecular flexibility index (Phi) is 3.59. The minimum atomic E-state index is -0.989. The van der Waals surface area contributed by atoms with E-state index in [1.807, 2.05) is 36.4 Å². The molecule has 3 N–H and O–H groups in total. The van der Waals surface area contributed by atoms with E-state index in [0.29, 0.717) is 11.6 Å². The molecule has 4 aromatic rings. The van der Waals surface area contributed by atoms with Crippen LogP contribution in [0.5, 0.6) is 0 Å². The molecule has 4 rings (SSSR count). The first-order chi connectivity index (χ1) is 12.2. The van der Waals surface area contributed by atoms with Crippen LogP contribution in [-0.4, -0.2) is 31.0 Å². The minimum absolute atomic E-state index is 0.153. The van der Waals surface area contributed by atoms with Crippen molar-refractivity contribution < 1.29 is 9.90 Å². The maximum absolute atomic E-state index is 11.0. The topological polar surface area (TPSA) is 104 Å². The van der Waals surface area contributed by atoms with E-state index in [9.17, 15) is 4.79 Å². The van der Waals surface area contributed by atoms with Gasteiger partial charge < -0.3 is 15.4 Å². The fourth-order valence-corrected chi connectivity index (χ4v) is 2.52. The van der Waals surface area contributed by atoms with Crippen molar-refractivity contribution in [2.45, 2.75) is 0 Å². The molecule has 122 valence electrons. The number of carbonyl (C=O) groups is 1. The molecule has 0 saturated heterocycles. The molecule has 0 bridgehead atoms. The van der Waals surface area contributed by atoms with Gasteiger partial charge in [-0.1, -0.05) is 12.1 Å². The Bertz CT molecular complexity index is 1060. The largest absolute Gasteiger partial charge is 0.477 e. The predicted molar refractivity (Wildman–Crippen MR) is 93.8 cm³/mol. The molecule has 0 aliphatic carbocycles. The number of hydrogen-bond donors (Lipinski definition) is 3. The molecule has 0 radical (unpaired) electrons. The Labute approximate surface area is 142 Å². The standard InChI is InChI=1S/C18H13N5O2/c24-17(25)16-9-11-4-5-12(10-15(11)22-16)21-18-20-8-6-14(23-18)13-3-1-2-7-19-13/h1-10,22H,(H,24,25)(H,20,21,23). The van der Waals surface area contributed by atoms with Crippen molar-refractivity contribution in [3.63, 3.8) is 0 Å². The molecule has 0 amide bonds. The highest BCUT2D eigenvalue weighted by Crippen LogP contribution is 2.22. The van der Waals surface area contributed by atoms with Crippen molar-refractivity contribution in [1.29, 1.82) is 0 Å². The number of nitrogens with one attached hydrogen (secondary N) is 2. The Morgan fingerprint density at radius 3 is 2.72 bits per heavy atom. The van der Waals surface area contributed by atoms with Gasteiger partial charge in [0.1, 0.15) is 5.69 Å². The fourth-order valence-electron chi connectivity index (χ4n) is 2.52. The van der Waals surface area contributed by atoms with Gasteiger partial charge in [0.15, 0.2) is 0 Å². The number of carboxylic acid groups (broad SMARTS) is 1. The van der Waals surface area contributed by atoms with Gasteiger partial charge in [-0.25, -0.2) is 14.8 Å². The van der Waals surface area contributed by atoms with Crippen LogP contribution in [0, 0.1) is 0 Å².